The van der Waals surface area contributed by atoms with E-state index < -0.39 is 46.9 Å². The largest absolute Gasteiger partial charge is 0.349 e. The summed E-state index contributed by atoms with van der Waals surface area (Å²) in [7, 11) is 0. The third-order valence-electron chi connectivity index (χ3n) is 7.46. The highest BCUT2D eigenvalue weighted by molar-refractivity contribution is 6.37. The molecule has 1 spiro atoms. The minimum absolute atomic E-state index is 0.227. The second-order valence-corrected chi connectivity index (χ2v) is 9.12. The first kappa shape index (κ1) is 20.7. The number of amides is 2. The van der Waals surface area contributed by atoms with Gasteiger partial charge in [-0.05, 0) is 36.6 Å². The molecule has 0 unspecified atom stereocenters. The number of aryl methyl sites for hydroxylation is 1. The van der Waals surface area contributed by atoms with Crippen LogP contribution < -0.4 is 4.90 Å². The minimum atomic E-state index is -2.05. The summed E-state index contributed by atoms with van der Waals surface area (Å²) < 4.78 is 6.28. The van der Waals surface area contributed by atoms with Crippen molar-refractivity contribution in [3.05, 3.63) is 101 Å². The van der Waals surface area contributed by atoms with Gasteiger partial charge < -0.3 is 4.74 Å². The lowest BCUT2D eigenvalue weighted by Gasteiger charge is -2.28. The van der Waals surface area contributed by atoms with Gasteiger partial charge in [0.15, 0.2) is 0 Å². The standard InChI is InChI=1S/C28H21NO5/c1-15-9-8-14-20(16(15)2)29-26(32)21-22(27(29)33)28(34-23(21)17-10-4-3-5-11-17)24(30)18-12-6-7-13-19(18)25(28)31/h3-14,21-23H,1-2H3/t21-,22+,23-/m0/s1. The number of nitrogens with zero attached hydrogens (tertiary/aromatic N) is 1. The summed E-state index contributed by atoms with van der Waals surface area (Å²) in [4.78, 5) is 56.5. The number of ketones is 2. The molecule has 3 atom stereocenters. The van der Waals surface area contributed by atoms with Crippen molar-refractivity contribution in [2.75, 3.05) is 4.90 Å². The minimum Gasteiger partial charge on any atom is -0.349 e. The van der Waals surface area contributed by atoms with Crippen molar-refractivity contribution in [2.24, 2.45) is 11.8 Å². The summed E-state index contributed by atoms with van der Waals surface area (Å²) >= 11 is 0. The van der Waals surface area contributed by atoms with Gasteiger partial charge in [-0.2, -0.15) is 0 Å². The van der Waals surface area contributed by atoms with Gasteiger partial charge in [-0.25, -0.2) is 4.90 Å². The van der Waals surface area contributed by atoms with Crippen molar-refractivity contribution in [3.8, 4) is 0 Å². The van der Waals surface area contributed by atoms with Gasteiger partial charge in [0, 0.05) is 11.1 Å². The highest BCUT2D eigenvalue weighted by Gasteiger charge is 2.74. The number of hydrogen-bond donors (Lipinski definition) is 0. The van der Waals surface area contributed by atoms with Crippen LogP contribution in [-0.2, 0) is 14.3 Å². The summed E-state index contributed by atoms with van der Waals surface area (Å²) in [6, 6.07) is 20.9. The quantitative estimate of drug-likeness (QED) is 0.435. The maximum Gasteiger partial charge on any atom is 0.241 e. The Kier molecular flexibility index (Phi) is 4.29. The number of fused-ring (bicyclic) bond motifs is 3. The molecule has 2 amide bonds. The molecule has 2 fully saturated rings. The Morgan fingerprint density at radius 2 is 1.35 bits per heavy atom. The molecule has 0 bridgehead atoms. The average Bonchev–Trinajstić information content (AvgIpc) is 3.42. The maximum absolute atomic E-state index is 14.0. The van der Waals surface area contributed by atoms with Crippen LogP contribution >= 0.6 is 0 Å². The van der Waals surface area contributed by atoms with Gasteiger partial charge in [0.1, 0.15) is 0 Å². The zero-order valence-electron chi connectivity index (χ0n) is 18.6. The SMILES string of the molecule is Cc1cccc(N2C(=O)[C@@H]3[C@H](c4ccccc4)OC4(C(=O)c5ccccc5C4=O)[C@H]3C2=O)c1C. The number of carbonyl (C=O) groups is 4. The predicted octanol–water partition coefficient (Wildman–Crippen LogP) is 4.00. The fourth-order valence-corrected chi connectivity index (χ4v) is 5.68. The van der Waals surface area contributed by atoms with E-state index in [-0.39, 0.29) is 11.1 Å². The zero-order chi connectivity index (χ0) is 23.8. The van der Waals surface area contributed by atoms with E-state index in [2.05, 4.69) is 0 Å². The Labute approximate surface area is 196 Å². The second-order valence-electron chi connectivity index (χ2n) is 9.12. The highest BCUT2D eigenvalue weighted by atomic mass is 16.5. The van der Waals surface area contributed by atoms with Gasteiger partial charge >= 0.3 is 0 Å². The summed E-state index contributed by atoms with van der Waals surface area (Å²) in [6.07, 6.45) is -0.903. The van der Waals surface area contributed by atoms with Crippen LogP contribution in [0.25, 0.3) is 0 Å². The molecule has 3 aromatic rings. The summed E-state index contributed by atoms with van der Waals surface area (Å²) in [6.45, 7) is 3.75. The van der Waals surface area contributed by atoms with E-state index in [4.69, 9.17) is 4.74 Å². The fourth-order valence-electron chi connectivity index (χ4n) is 5.68. The molecule has 0 N–H and O–H groups in total. The Bertz CT molecular complexity index is 1370. The molecule has 0 aromatic heterocycles. The normalized spacial score (nSPS) is 24.8. The lowest BCUT2D eigenvalue weighted by Crippen LogP contribution is -2.51. The van der Waals surface area contributed by atoms with Crippen LogP contribution in [-0.4, -0.2) is 29.0 Å². The highest BCUT2D eigenvalue weighted by Crippen LogP contribution is 2.57. The van der Waals surface area contributed by atoms with Crippen molar-refractivity contribution in [1.29, 1.82) is 0 Å². The molecule has 2 saturated heterocycles. The van der Waals surface area contributed by atoms with Crippen LogP contribution in [0.5, 0.6) is 0 Å². The molecular formula is C28H21NO5. The van der Waals surface area contributed by atoms with Crippen molar-refractivity contribution >= 4 is 29.1 Å². The molecule has 6 rings (SSSR count). The molecule has 2 aliphatic heterocycles. The number of benzene rings is 3. The topological polar surface area (TPSA) is 80.8 Å². The summed E-state index contributed by atoms with van der Waals surface area (Å²) in [5.74, 6) is -4.35. The van der Waals surface area contributed by atoms with Gasteiger partial charge in [0.05, 0.1) is 23.6 Å². The Morgan fingerprint density at radius 3 is 2.00 bits per heavy atom. The van der Waals surface area contributed by atoms with E-state index in [0.29, 0.717) is 11.3 Å². The molecular weight excluding hydrogens is 430 g/mol. The van der Waals surface area contributed by atoms with Crippen LogP contribution in [0.4, 0.5) is 5.69 Å². The van der Waals surface area contributed by atoms with E-state index in [1.54, 1.807) is 60.7 Å². The average molecular weight is 451 g/mol. The van der Waals surface area contributed by atoms with Crippen LogP contribution in [0.2, 0.25) is 0 Å². The first-order chi connectivity index (χ1) is 16.4. The number of carbonyl (C=O) groups excluding carboxylic acids is 4. The van der Waals surface area contributed by atoms with Crippen LogP contribution in [0, 0.1) is 25.7 Å². The van der Waals surface area contributed by atoms with Gasteiger partial charge in [0.2, 0.25) is 29.0 Å². The van der Waals surface area contributed by atoms with Crippen molar-refractivity contribution in [2.45, 2.75) is 25.6 Å². The molecule has 168 valence electrons. The summed E-state index contributed by atoms with van der Waals surface area (Å²) in [5.41, 5.74) is 1.25. The van der Waals surface area contributed by atoms with E-state index in [9.17, 15) is 19.2 Å². The maximum atomic E-state index is 14.0. The van der Waals surface area contributed by atoms with Crippen molar-refractivity contribution in [3.63, 3.8) is 0 Å². The molecule has 2 heterocycles. The van der Waals surface area contributed by atoms with Gasteiger partial charge in [0.25, 0.3) is 0 Å². The monoisotopic (exact) mass is 451 g/mol. The van der Waals surface area contributed by atoms with E-state index >= 15 is 0 Å². The van der Waals surface area contributed by atoms with Gasteiger partial charge in [-0.1, -0.05) is 66.7 Å². The molecule has 1 aliphatic carbocycles. The van der Waals surface area contributed by atoms with Crippen molar-refractivity contribution < 1.29 is 23.9 Å². The summed E-state index contributed by atoms with van der Waals surface area (Å²) in [5, 5.41) is 0. The van der Waals surface area contributed by atoms with Crippen LogP contribution in [0.1, 0.15) is 43.5 Å². The number of anilines is 1. The first-order valence-electron chi connectivity index (χ1n) is 11.2. The zero-order valence-corrected chi connectivity index (χ0v) is 18.6. The molecule has 34 heavy (non-hydrogen) atoms. The fraction of sp³-hybridized carbons (Fsp3) is 0.214. The third kappa shape index (κ3) is 2.43. The van der Waals surface area contributed by atoms with Crippen LogP contribution in [0.15, 0.2) is 72.8 Å². The Balaban J connectivity index is 1.57. The number of imide groups is 1. The Morgan fingerprint density at radius 1 is 0.735 bits per heavy atom. The third-order valence-corrected chi connectivity index (χ3v) is 7.46. The van der Waals surface area contributed by atoms with Crippen LogP contribution in [0.3, 0.4) is 0 Å². The molecule has 0 saturated carbocycles. The molecule has 6 heteroatoms. The lowest BCUT2D eigenvalue weighted by molar-refractivity contribution is -0.127. The molecule has 0 radical (unpaired) electrons. The predicted molar refractivity (Wildman–Crippen MR) is 123 cm³/mol. The smallest absolute Gasteiger partial charge is 0.241 e. The first-order valence-corrected chi connectivity index (χ1v) is 11.2. The number of ether oxygens (including phenoxy) is 1. The Hall–Kier alpha value is -3.90. The molecule has 6 nitrogen and oxygen atoms in total. The molecule has 3 aliphatic rings. The van der Waals surface area contributed by atoms with E-state index in [0.717, 1.165) is 16.0 Å². The second kappa shape index (κ2) is 7.05. The number of Topliss-reactive ketones (excluding diaryl/α,β-unsaturated/α-hetero) is 2. The lowest BCUT2D eigenvalue weighted by atomic mass is 9.77. The number of hydrogen-bond acceptors (Lipinski definition) is 5. The van der Waals surface area contributed by atoms with E-state index in [1.165, 1.54) is 0 Å². The molecule has 3 aromatic carbocycles. The van der Waals surface area contributed by atoms with Crippen molar-refractivity contribution in [1.82, 2.24) is 0 Å². The number of rotatable bonds is 2. The van der Waals surface area contributed by atoms with E-state index in [1.807, 2.05) is 26.0 Å². The van der Waals surface area contributed by atoms with Gasteiger partial charge in [-0.15, -0.1) is 0 Å². The van der Waals surface area contributed by atoms with Gasteiger partial charge in [-0.3, -0.25) is 19.2 Å².